The third-order valence-electron chi connectivity index (χ3n) is 7.65. The van der Waals surface area contributed by atoms with Crippen LogP contribution in [0.4, 0.5) is 0 Å². The van der Waals surface area contributed by atoms with Gasteiger partial charge in [0.25, 0.3) is 0 Å². The molecule has 0 spiro atoms. The number of phenolic OH excluding ortho intramolecular Hbond substituents is 2. The summed E-state index contributed by atoms with van der Waals surface area (Å²) >= 11 is 0. The Balaban J connectivity index is 1.72. The zero-order chi connectivity index (χ0) is 25.8. The molecule has 2 aromatic carbocycles. The van der Waals surface area contributed by atoms with E-state index in [9.17, 15) is 34.8 Å². The molecule has 190 valence electrons. The highest BCUT2D eigenvalue weighted by Gasteiger charge is 2.49. The second kappa shape index (κ2) is 8.99. The van der Waals surface area contributed by atoms with Crippen molar-refractivity contribution in [3.63, 3.8) is 0 Å². The Labute approximate surface area is 207 Å². The lowest BCUT2D eigenvalue weighted by Crippen LogP contribution is -2.47. The Bertz CT molecular complexity index is 1270. The van der Waals surface area contributed by atoms with Crippen molar-refractivity contribution in [3.05, 3.63) is 51.6 Å². The van der Waals surface area contributed by atoms with Gasteiger partial charge in [-0.2, -0.15) is 0 Å². The molecule has 9 nitrogen and oxygen atoms in total. The van der Waals surface area contributed by atoms with Crippen LogP contribution in [-0.4, -0.2) is 63.2 Å². The molecule has 5 rings (SSSR count). The normalized spacial score (nSPS) is 23.6. The number of hydrogen-bond acceptors (Lipinski definition) is 9. The van der Waals surface area contributed by atoms with E-state index in [0.29, 0.717) is 0 Å². The summed E-state index contributed by atoms with van der Waals surface area (Å²) in [5, 5.41) is 43.4. The Hall–Kier alpha value is -3.27. The van der Waals surface area contributed by atoms with Crippen LogP contribution in [0.1, 0.15) is 87.6 Å². The minimum atomic E-state index is -2.08. The SMILES string of the molecule is COc1cccc2c1C(=O)c1c(O)c3c(c(O)c1C2=O)C[C@](O)(C(=O)CO)C[C@H]3OC1CCCCC1. The van der Waals surface area contributed by atoms with Gasteiger partial charge in [0.05, 0.1) is 36.0 Å². The molecule has 2 atom stereocenters. The summed E-state index contributed by atoms with van der Waals surface area (Å²) in [5.74, 6) is -3.19. The van der Waals surface area contributed by atoms with E-state index < -0.39 is 59.1 Å². The zero-order valence-electron chi connectivity index (χ0n) is 19.9. The highest BCUT2D eigenvalue weighted by molar-refractivity contribution is 6.31. The zero-order valence-corrected chi connectivity index (χ0v) is 19.9. The van der Waals surface area contributed by atoms with Gasteiger partial charge in [0, 0.05) is 29.5 Å². The molecule has 0 bridgehead atoms. The Morgan fingerprint density at radius 3 is 2.39 bits per heavy atom. The molecule has 3 aliphatic carbocycles. The average molecular weight is 497 g/mol. The number of ether oxygens (including phenoxy) is 2. The van der Waals surface area contributed by atoms with Gasteiger partial charge in [-0.25, -0.2) is 0 Å². The summed E-state index contributed by atoms with van der Waals surface area (Å²) in [5.41, 5.74) is -2.81. The van der Waals surface area contributed by atoms with Gasteiger partial charge in [-0.05, 0) is 18.9 Å². The molecule has 0 radical (unpaired) electrons. The van der Waals surface area contributed by atoms with E-state index in [4.69, 9.17) is 9.47 Å². The maximum Gasteiger partial charge on any atom is 0.202 e. The number of phenols is 2. The van der Waals surface area contributed by atoms with Crippen molar-refractivity contribution < 1.29 is 44.3 Å². The van der Waals surface area contributed by atoms with E-state index in [1.807, 2.05) is 0 Å². The van der Waals surface area contributed by atoms with Crippen molar-refractivity contribution >= 4 is 17.3 Å². The number of ketones is 3. The topological polar surface area (TPSA) is 151 Å². The fraction of sp³-hybridized carbons (Fsp3) is 0.444. The number of aliphatic hydroxyl groups excluding tert-OH is 1. The maximum atomic E-state index is 13.6. The van der Waals surface area contributed by atoms with E-state index in [2.05, 4.69) is 0 Å². The molecule has 2 aromatic rings. The van der Waals surface area contributed by atoms with Gasteiger partial charge in [0.2, 0.25) is 5.78 Å². The van der Waals surface area contributed by atoms with Gasteiger partial charge in [0.1, 0.15) is 29.5 Å². The smallest absolute Gasteiger partial charge is 0.202 e. The second-order valence-electron chi connectivity index (χ2n) is 9.76. The molecular formula is C27H28O9. The average Bonchev–Trinajstić information content (AvgIpc) is 2.88. The number of fused-ring (bicyclic) bond motifs is 3. The molecule has 1 saturated carbocycles. The molecule has 0 aliphatic heterocycles. The first-order valence-corrected chi connectivity index (χ1v) is 12.1. The molecule has 0 amide bonds. The van der Waals surface area contributed by atoms with Crippen LogP contribution in [-0.2, 0) is 16.0 Å². The van der Waals surface area contributed by atoms with Crippen LogP contribution in [0.2, 0.25) is 0 Å². The summed E-state index contributed by atoms with van der Waals surface area (Å²) < 4.78 is 11.5. The first kappa shape index (κ1) is 24.4. The highest BCUT2D eigenvalue weighted by Crippen LogP contribution is 2.52. The number of aromatic hydroxyl groups is 2. The molecule has 1 fully saturated rings. The number of methoxy groups -OCH3 is 1. The number of rotatable bonds is 5. The molecule has 3 aliphatic rings. The summed E-state index contributed by atoms with van der Waals surface area (Å²) in [6.07, 6.45) is 2.45. The van der Waals surface area contributed by atoms with Gasteiger partial charge in [-0.15, -0.1) is 0 Å². The monoisotopic (exact) mass is 496 g/mol. The number of carbonyl (C=O) groups excluding carboxylic acids is 3. The van der Waals surface area contributed by atoms with E-state index in [-0.39, 0.29) is 46.1 Å². The molecule has 0 saturated heterocycles. The minimum Gasteiger partial charge on any atom is -0.507 e. The fourth-order valence-electron chi connectivity index (χ4n) is 5.83. The lowest BCUT2D eigenvalue weighted by Gasteiger charge is -2.40. The fourth-order valence-corrected chi connectivity index (χ4v) is 5.83. The van der Waals surface area contributed by atoms with Crippen molar-refractivity contribution in [2.75, 3.05) is 13.7 Å². The summed E-state index contributed by atoms with van der Waals surface area (Å²) in [6, 6.07) is 4.49. The van der Waals surface area contributed by atoms with Crippen molar-refractivity contribution in [2.45, 2.75) is 62.8 Å². The summed E-state index contributed by atoms with van der Waals surface area (Å²) in [4.78, 5) is 39.6. The Morgan fingerprint density at radius 1 is 1.03 bits per heavy atom. The predicted molar refractivity (Wildman–Crippen MR) is 126 cm³/mol. The van der Waals surface area contributed by atoms with Gasteiger partial charge < -0.3 is 29.9 Å². The van der Waals surface area contributed by atoms with Crippen LogP contribution in [0.3, 0.4) is 0 Å². The number of hydrogen-bond donors (Lipinski definition) is 4. The Kier molecular flexibility index (Phi) is 6.10. The summed E-state index contributed by atoms with van der Waals surface area (Å²) in [7, 11) is 1.36. The first-order valence-electron chi connectivity index (χ1n) is 12.1. The molecule has 0 aromatic heterocycles. The number of benzene rings is 2. The van der Waals surface area contributed by atoms with Crippen molar-refractivity contribution in [2.24, 2.45) is 0 Å². The van der Waals surface area contributed by atoms with Gasteiger partial charge in [0.15, 0.2) is 11.6 Å². The van der Waals surface area contributed by atoms with Crippen LogP contribution in [0.15, 0.2) is 18.2 Å². The molecule has 0 heterocycles. The lowest BCUT2D eigenvalue weighted by atomic mass is 9.71. The summed E-state index contributed by atoms with van der Waals surface area (Å²) in [6.45, 7) is -0.926. The van der Waals surface area contributed by atoms with Crippen LogP contribution < -0.4 is 4.74 Å². The minimum absolute atomic E-state index is 0.00834. The molecule has 4 N–H and O–H groups in total. The lowest BCUT2D eigenvalue weighted by molar-refractivity contribution is -0.149. The van der Waals surface area contributed by atoms with E-state index in [1.54, 1.807) is 0 Å². The van der Waals surface area contributed by atoms with Gasteiger partial charge >= 0.3 is 0 Å². The van der Waals surface area contributed by atoms with Gasteiger partial charge in [-0.1, -0.05) is 31.4 Å². The van der Waals surface area contributed by atoms with Crippen LogP contribution in [0.25, 0.3) is 0 Å². The number of Topliss-reactive ketones (excluding diaryl/α,β-unsaturated/α-hetero) is 1. The number of aliphatic hydroxyl groups is 2. The number of carbonyl (C=O) groups is 3. The van der Waals surface area contributed by atoms with Crippen LogP contribution in [0.5, 0.6) is 17.2 Å². The quantitative estimate of drug-likeness (QED) is 0.391. The first-order chi connectivity index (χ1) is 17.2. The van der Waals surface area contributed by atoms with E-state index in [1.165, 1.54) is 25.3 Å². The largest absolute Gasteiger partial charge is 0.507 e. The van der Waals surface area contributed by atoms with E-state index in [0.717, 1.165) is 32.1 Å². The van der Waals surface area contributed by atoms with E-state index >= 15 is 0 Å². The van der Waals surface area contributed by atoms with Crippen molar-refractivity contribution in [3.8, 4) is 17.2 Å². The molecule has 0 unspecified atom stereocenters. The highest BCUT2D eigenvalue weighted by atomic mass is 16.5. The standard InChI is InChI=1S/C27H28O9/c1-35-16-9-5-8-14-19(16)25(32)22-21(23(14)30)24(31)15-10-27(34,18(29)12-28)11-17(20(15)26(22)33)36-13-6-3-2-4-7-13/h5,8-9,13,17,28,31,33-34H,2-4,6-7,10-12H2,1H3/t17-,27-/m1/s1. The molecule has 36 heavy (non-hydrogen) atoms. The Morgan fingerprint density at radius 2 is 1.72 bits per heavy atom. The van der Waals surface area contributed by atoms with Gasteiger partial charge in [-0.3, -0.25) is 14.4 Å². The van der Waals surface area contributed by atoms with Crippen LogP contribution >= 0.6 is 0 Å². The predicted octanol–water partition coefficient (Wildman–Crippen LogP) is 2.51. The van der Waals surface area contributed by atoms with Crippen LogP contribution in [0, 0.1) is 0 Å². The molecular weight excluding hydrogens is 468 g/mol. The molecule has 9 heteroatoms. The third-order valence-corrected chi connectivity index (χ3v) is 7.65. The maximum absolute atomic E-state index is 13.6. The van der Waals surface area contributed by atoms with Crippen molar-refractivity contribution in [1.29, 1.82) is 0 Å². The second-order valence-corrected chi connectivity index (χ2v) is 9.76. The third kappa shape index (κ3) is 3.61. The van der Waals surface area contributed by atoms with Crippen molar-refractivity contribution in [1.82, 2.24) is 0 Å².